The van der Waals surface area contributed by atoms with Crippen molar-refractivity contribution in [3.05, 3.63) is 0 Å². The van der Waals surface area contributed by atoms with Gasteiger partial charge in [0.2, 0.25) is 0 Å². The van der Waals surface area contributed by atoms with E-state index in [1.165, 1.54) is 36.7 Å². The highest BCUT2D eigenvalue weighted by Gasteiger charge is 2.14. The first-order valence-corrected chi connectivity index (χ1v) is 5.43. The maximum Gasteiger partial charge on any atom is 0.125 e. The zero-order chi connectivity index (χ0) is 9.52. The van der Waals surface area contributed by atoms with Gasteiger partial charge in [-0.25, -0.2) is 4.84 Å². The van der Waals surface area contributed by atoms with Crippen molar-refractivity contribution in [1.29, 1.82) is 0 Å². The molecule has 0 N–H and O–H groups in total. The zero-order valence-corrected chi connectivity index (χ0v) is 9.04. The molecular weight excluding hydrogens is 184 g/mol. The summed E-state index contributed by atoms with van der Waals surface area (Å²) in [5.74, 6) is 0. The van der Waals surface area contributed by atoms with Crippen molar-refractivity contribution in [2.75, 3.05) is 0 Å². The lowest BCUT2D eigenvalue weighted by Gasteiger charge is -2.08. The van der Waals surface area contributed by atoms with E-state index in [0.717, 1.165) is 6.42 Å². The van der Waals surface area contributed by atoms with E-state index in [1.807, 2.05) is 6.21 Å². The van der Waals surface area contributed by atoms with Crippen LogP contribution in [0.1, 0.15) is 45.4 Å². The zero-order valence-electron chi connectivity index (χ0n) is 8.15. The molecule has 1 heterocycles. The summed E-state index contributed by atoms with van der Waals surface area (Å²) in [5, 5.41) is 3.88. The molecule has 0 aliphatic carbocycles. The van der Waals surface area contributed by atoms with Crippen molar-refractivity contribution in [1.82, 2.24) is 4.58 Å². The van der Waals surface area contributed by atoms with Crippen LogP contribution in [0.2, 0.25) is 0 Å². The molecule has 1 unspecified atom stereocenters. The van der Waals surface area contributed by atoms with Gasteiger partial charge in [0, 0.05) is 0 Å². The Hall–Kier alpha value is -0.220. The summed E-state index contributed by atoms with van der Waals surface area (Å²) in [5.41, 5.74) is 0. The summed E-state index contributed by atoms with van der Waals surface area (Å²) in [6.07, 6.45) is 9.53. The minimum absolute atomic E-state index is 0.152. The predicted molar refractivity (Wildman–Crippen MR) is 57.6 cm³/mol. The fourth-order valence-electron chi connectivity index (χ4n) is 1.38. The smallest absolute Gasteiger partial charge is 0.125 e. The van der Waals surface area contributed by atoms with Crippen molar-refractivity contribution in [3.63, 3.8) is 0 Å². The summed E-state index contributed by atoms with van der Waals surface area (Å²) in [6, 6.07) is 0. The topological polar surface area (TPSA) is 24.8 Å². The molecule has 0 bridgehead atoms. The normalized spacial score (nSPS) is 21.4. The summed E-state index contributed by atoms with van der Waals surface area (Å²) in [7, 11) is 0. The maximum atomic E-state index is 5.24. The molecule has 1 aliphatic heterocycles. The molecular formula is C9H18N2OS. The molecule has 13 heavy (non-hydrogen) atoms. The molecule has 0 saturated heterocycles. The van der Waals surface area contributed by atoms with Crippen molar-refractivity contribution < 1.29 is 4.84 Å². The van der Waals surface area contributed by atoms with Crippen LogP contribution in [0.4, 0.5) is 0 Å². The summed E-state index contributed by atoms with van der Waals surface area (Å²) in [4.78, 5) is 5.24. The van der Waals surface area contributed by atoms with Crippen molar-refractivity contribution in [2.24, 2.45) is 5.10 Å². The van der Waals surface area contributed by atoms with Crippen molar-refractivity contribution in [3.8, 4) is 0 Å². The van der Waals surface area contributed by atoms with Gasteiger partial charge >= 0.3 is 0 Å². The lowest BCUT2D eigenvalue weighted by molar-refractivity contribution is -0.0759. The van der Waals surface area contributed by atoms with Crippen molar-refractivity contribution in [2.45, 2.75) is 51.6 Å². The highest BCUT2D eigenvalue weighted by atomic mass is 32.1. The van der Waals surface area contributed by atoms with Crippen LogP contribution in [0.3, 0.4) is 0 Å². The first-order valence-electron chi connectivity index (χ1n) is 5.03. The Kier molecular flexibility index (Phi) is 5.23. The van der Waals surface area contributed by atoms with Crippen molar-refractivity contribution >= 4 is 19.0 Å². The van der Waals surface area contributed by atoms with Gasteiger partial charge in [0.05, 0.1) is 6.21 Å². The van der Waals surface area contributed by atoms with Crippen LogP contribution in [-0.4, -0.2) is 16.9 Å². The third kappa shape index (κ3) is 4.52. The van der Waals surface area contributed by atoms with Gasteiger partial charge in [-0.15, -0.1) is 4.58 Å². The van der Waals surface area contributed by atoms with E-state index in [-0.39, 0.29) is 6.10 Å². The van der Waals surface area contributed by atoms with E-state index in [1.54, 1.807) is 0 Å². The fourth-order valence-corrected chi connectivity index (χ4v) is 1.56. The van der Waals surface area contributed by atoms with Gasteiger partial charge in [0.25, 0.3) is 0 Å². The maximum absolute atomic E-state index is 5.24. The molecule has 0 aromatic rings. The Morgan fingerprint density at radius 2 is 2.15 bits per heavy atom. The number of hydrazone groups is 1. The second-order valence-electron chi connectivity index (χ2n) is 3.36. The summed E-state index contributed by atoms with van der Waals surface area (Å²) >= 11 is 3.94. The standard InChI is InChI=1S/C9H18N2OS/c1-2-3-4-5-6-7-9-8-10-11(13)12-9/h8-9,13H,2-7H2,1H3. The third-order valence-electron chi connectivity index (χ3n) is 2.15. The lowest BCUT2D eigenvalue weighted by atomic mass is 10.1. The highest BCUT2D eigenvalue weighted by Crippen LogP contribution is 2.14. The van der Waals surface area contributed by atoms with Gasteiger partial charge in [0.1, 0.15) is 6.10 Å². The molecule has 0 radical (unpaired) electrons. The molecule has 0 amide bonds. The monoisotopic (exact) mass is 202 g/mol. The Labute approximate surface area is 85.6 Å². The number of unbranched alkanes of at least 4 members (excludes halogenated alkanes) is 4. The van der Waals surface area contributed by atoms with E-state index < -0.39 is 0 Å². The third-order valence-corrected chi connectivity index (χ3v) is 2.35. The predicted octanol–water partition coefficient (Wildman–Crippen LogP) is 2.79. The number of thiol groups is 1. The van der Waals surface area contributed by atoms with Gasteiger partial charge in [0.15, 0.2) is 0 Å². The molecule has 3 nitrogen and oxygen atoms in total. The van der Waals surface area contributed by atoms with Gasteiger partial charge < -0.3 is 0 Å². The first-order chi connectivity index (χ1) is 6.33. The van der Waals surface area contributed by atoms with Crippen LogP contribution in [0.25, 0.3) is 0 Å². The van der Waals surface area contributed by atoms with Gasteiger partial charge in [-0.2, -0.15) is 5.10 Å². The van der Waals surface area contributed by atoms with E-state index in [0.29, 0.717) is 0 Å². The second-order valence-corrected chi connectivity index (χ2v) is 3.71. The minimum atomic E-state index is 0.152. The summed E-state index contributed by atoms with van der Waals surface area (Å²) in [6.45, 7) is 2.23. The number of nitrogens with zero attached hydrogens (tertiary/aromatic N) is 2. The van der Waals surface area contributed by atoms with Crippen LogP contribution in [0, 0.1) is 0 Å². The first kappa shape index (κ1) is 10.9. The largest absolute Gasteiger partial charge is 0.237 e. The molecule has 0 aromatic heterocycles. The van der Waals surface area contributed by atoms with Crippen LogP contribution in [0.15, 0.2) is 5.10 Å². The van der Waals surface area contributed by atoms with E-state index in [4.69, 9.17) is 4.84 Å². The lowest BCUT2D eigenvalue weighted by Crippen LogP contribution is -2.11. The number of rotatable bonds is 6. The molecule has 4 heteroatoms. The molecule has 0 spiro atoms. The molecule has 76 valence electrons. The van der Waals surface area contributed by atoms with Gasteiger partial charge in [-0.3, -0.25) is 0 Å². The Morgan fingerprint density at radius 3 is 2.77 bits per heavy atom. The van der Waals surface area contributed by atoms with E-state index in [9.17, 15) is 0 Å². The van der Waals surface area contributed by atoms with E-state index >= 15 is 0 Å². The van der Waals surface area contributed by atoms with Crippen LogP contribution in [0.5, 0.6) is 0 Å². The molecule has 1 aliphatic rings. The average molecular weight is 202 g/mol. The second kappa shape index (κ2) is 6.27. The Balaban J connectivity index is 1.92. The Bertz CT molecular complexity index is 164. The molecule has 0 saturated carbocycles. The molecule has 1 atom stereocenters. The fraction of sp³-hybridized carbons (Fsp3) is 0.889. The quantitative estimate of drug-likeness (QED) is 0.529. The van der Waals surface area contributed by atoms with E-state index in [2.05, 4.69) is 24.8 Å². The number of hydrogen-bond acceptors (Lipinski definition) is 4. The van der Waals surface area contributed by atoms with Gasteiger partial charge in [-0.1, -0.05) is 39.0 Å². The minimum Gasteiger partial charge on any atom is -0.237 e. The molecule has 1 rings (SSSR count). The van der Waals surface area contributed by atoms with Crippen LogP contribution in [-0.2, 0) is 4.84 Å². The molecule has 0 fully saturated rings. The van der Waals surface area contributed by atoms with Crippen LogP contribution < -0.4 is 0 Å². The number of hydrogen-bond donors (Lipinski definition) is 1. The van der Waals surface area contributed by atoms with Gasteiger partial charge in [-0.05, 0) is 19.2 Å². The highest BCUT2D eigenvalue weighted by molar-refractivity contribution is 7.77. The van der Waals surface area contributed by atoms with Crippen LogP contribution >= 0.6 is 12.8 Å². The molecule has 0 aromatic carbocycles. The Morgan fingerprint density at radius 1 is 1.38 bits per heavy atom. The summed E-state index contributed by atoms with van der Waals surface area (Å²) < 4.78 is 1.23. The SMILES string of the molecule is CCCCCCCC1C=NN(S)O1. The average Bonchev–Trinajstić information content (AvgIpc) is 2.51.